The summed E-state index contributed by atoms with van der Waals surface area (Å²) in [5, 5.41) is 0. The molecular weight excluding hydrogens is 324 g/mol. The minimum Gasteiger partial charge on any atom is -0.451 e. The molecule has 0 aromatic carbocycles. The first kappa shape index (κ1) is 16.8. The number of ether oxygens (including phenoxy) is 1. The average Bonchev–Trinajstić information content (AvgIpc) is 3.14. The molecule has 0 aromatic heterocycles. The predicted octanol–water partition coefficient (Wildman–Crippen LogP) is 4.62. The van der Waals surface area contributed by atoms with Crippen LogP contribution in [-0.4, -0.2) is 17.4 Å². The monoisotopic (exact) mass is 354 g/mol. The Morgan fingerprint density at radius 1 is 1.19 bits per heavy atom. The van der Waals surface area contributed by atoms with Crippen LogP contribution in [0.3, 0.4) is 0 Å². The van der Waals surface area contributed by atoms with Gasteiger partial charge in [0.05, 0.1) is 0 Å². The molecule has 3 saturated carbocycles. The van der Waals surface area contributed by atoms with Gasteiger partial charge in [-0.25, -0.2) is 4.79 Å². The van der Waals surface area contributed by atoms with Crippen molar-refractivity contribution < 1.29 is 14.3 Å². The Bertz CT molecular complexity index is 719. The van der Waals surface area contributed by atoms with Gasteiger partial charge in [0.15, 0.2) is 5.78 Å². The second-order valence-electron chi connectivity index (χ2n) is 9.69. The van der Waals surface area contributed by atoms with Crippen molar-refractivity contribution in [1.82, 2.24) is 0 Å². The zero-order valence-corrected chi connectivity index (χ0v) is 16.0. The Morgan fingerprint density at radius 3 is 2.77 bits per heavy atom. The Balaban J connectivity index is 1.52. The number of hydrogen-bond donors (Lipinski definition) is 0. The molecule has 3 heteroatoms. The van der Waals surface area contributed by atoms with Gasteiger partial charge in [0.2, 0.25) is 0 Å². The maximum Gasteiger partial charge on any atom is 0.331 e. The first-order valence-electron chi connectivity index (χ1n) is 10.6. The van der Waals surface area contributed by atoms with Crippen molar-refractivity contribution in [3.05, 3.63) is 23.8 Å². The lowest BCUT2D eigenvalue weighted by Gasteiger charge is -2.57. The van der Waals surface area contributed by atoms with Crippen LogP contribution in [0.15, 0.2) is 23.8 Å². The highest BCUT2D eigenvalue weighted by Crippen LogP contribution is 2.67. The van der Waals surface area contributed by atoms with Crippen LogP contribution in [0.2, 0.25) is 0 Å². The summed E-state index contributed by atoms with van der Waals surface area (Å²) in [6.07, 6.45) is 14.4. The van der Waals surface area contributed by atoms with E-state index in [1.807, 2.05) is 6.08 Å². The molecule has 140 valence electrons. The van der Waals surface area contributed by atoms with Gasteiger partial charge in [0, 0.05) is 17.9 Å². The molecule has 0 aromatic rings. The minimum atomic E-state index is -0.351. The summed E-state index contributed by atoms with van der Waals surface area (Å²) >= 11 is 0. The maximum atomic E-state index is 12.0. The molecular formula is C23H30O3. The smallest absolute Gasteiger partial charge is 0.331 e. The van der Waals surface area contributed by atoms with Crippen LogP contribution in [0.5, 0.6) is 0 Å². The Morgan fingerprint density at radius 2 is 2.04 bits per heavy atom. The molecule has 4 aliphatic carbocycles. The fourth-order valence-electron chi connectivity index (χ4n) is 7.72. The van der Waals surface area contributed by atoms with E-state index in [0.29, 0.717) is 23.5 Å². The fraction of sp³-hybridized carbons (Fsp3) is 0.739. The van der Waals surface area contributed by atoms with Crippen LogP contribution in [-0.2, 0) is 14.3 Å². The molecule has 5 aliphatic rings. The van der Waals surface area contributed by atoms with Crippen LogP contribution in [0.25, 0.3) is 0 Å². The highest BCUT2D eigenvalue weighted by Gasteiger charge is 2.65. The lowest BCUT2D eigenvalue weighted by atomic mass is 9.48. The molecule has 1 aliphatic heterocycles. The van der Waals surface area contributed by atoms with Crippen molar-refractivity contribution in [2.75, 3.05) is 0 Å². The average molecular weight is 354 g/mol. The fourth-order valence-corrected chi connectivity index (χ4v) is 7.72. The molecule has 0 radical (unpaired) electrons. The molecule has 0 bridgehead atoms. The summed E-state index contributed by atoms with van der Waals surface area (Å²) in [5.74, 6) is 3.58. The molecule has 7 atom stereocenters. The normalized spacial score (nSPS) is 49.5. The lowest BCUT2D eigenvalue weighted by molar-refractivity contribution is -0.163. The van der Waals surface area contributed by atoms with Crippen molar-refractivity contribution in [3.8, 4) is 0 Å². The second-order valence-corrected chi connectivity index (χ2v) is 9.69. The number of ketones is 1. The van der Waals surface area contributed by atoms with Gasteiger partial charge in [-0.15, -0.1) is 0 Å². The number of allylic oxidation sites excluding steroid dienone is 1. The van der Waals surface area contributed by atoms with Crippen molar-refractivity contribution in [3.63, 3.8) is 0 Å². The van der Waals surface area contributed by atoms with E-state index >= 15 is 0 Å². The molecule has 26 heavy (non-hydrogen) atoms. The maximum absolute atomic E-state index is 12.0. The van der Waals surface area contributed by atoms with E-state index in [1.54, 1.807) is 6.08 Å². The number of rotatable bonds is 1. The summed E-state index contributed by atoms with van der Waals surface area (Å²) in [7, 11) is 0. The van der Waals surface area contributed by atoms with Crippen LogP contribution < -0.4 is 0 Å². The predicted molar refractivity (Wildman–Crippen MR) is 99.2 cm³/mol. The molecule has 1 heterocycles. The number of hydrogen-bond acceptors (Lipinski definition) is 3. The topological polar surface area (TPSA) is 43.4 Å². The first-order valence-corrected chi connectivity index (χ1v) is 10.6. The van der Waals surface area contributed by atoms with Gasteiger partial charge in [-0.2, -0.15) is 0 Å². The standard InChI is InChI=1S/C23H30O3/c1-3-14-12-15-13-16(24)4-5-17(15)18-6-9-22(2)19(21(14)18)7-10-23(22)11-8-20(25)26-23/h8,11,13-14,17-19,21H,3-7,9-10,12H2,1-2H3/t14?,17-,18?,19?,21?,22-,23+/m0/s1. The van der Waals surface area contributed by atoms with Gasteiger partial charge in [-0.05, 0) is 80.3 Å². The summed E-state index contributed by atoms with van der Waals surface area (Å²) < 4.78 is 5.95. The zero-order valence-electron chi connectivity index (χ0n) is 16.0. The van der Waals surface area contributed by atoms with Gasteiger partial charge in [-0.1, -0.05) is 25.8 Å². The SMILES string of the molecule is CCC1CC2=CC(=O)CC[C@@H]2C2CC[C@@]3(C)C(CC[C@@]34C=CC(=O)O4)C12. The van der Waals surface area contributed by atoms with E-state index in [2.05, 4.69) is 19.9 Å². The molecule has 3 nitrogen and oxygen atoms in total. The van der Waals surface area contributed by atoms with E-state index in [0.717, 1.165) is 43.9 Å². The van der Waals surface area contributed by atoms with E-state index in [9.17, 15) is 9.59 Å². The molecule has 3 fully saturated rings. The summed E-state index contributed by atoms with van der Waals surface area (Å²) in [4.78, 5) is 23.9. The Kier molecular flexibility index (Phi) is 3.59. The van der Waals surface area contributed by atoms with Gasteiger partial charge in [0.1, 0.15) is 5.60 Å². The van der Waals surface area contributed by atoms with Crippen molar-refractivity contribution in [2.45, 2.75) is 70.8 Å². The third kappa shape index (κ3) is 2.06. The lowest BCUT2D eigenvalue weighted by Crippen LogP contribution is -2.54. The molecule has 0 saturated heterocycles. The molecule has 4 unspecified atom stereocenters. The quantitative estimate of drug-likeness (QED) is 0.646. The van der Waals surface area contributed by atoms with Gasteiger partial charge in [-0.3, -0.25) is 4.79 Å². The molecule has 0 amide bonds. The van der Waals surface area contributed by atoms with Crippen LogP contribution in [0.1, 0.15) is 65.2 Å². The third-order valence-corrected chi connectivity index (χ3v) is 8.95. The van der Waals surface area contributed by atoms with Gasteiger partial charge >= 0.3 is 5.97 Å². The largest absolute Gasteiger partial charge is 0.451 e. The van der Waals surface area contributed by atoms with Crippen molar-refractivity contribution >= 4 is 11.8 Å². The number of esters is 1. The highest BCUT2D eigenvalue weighted by molar-refractivity contribution is 5.91. The van der Waals surface area contributed by atoms with Crippen LogP contribution in [0, 0.1) is 35.0 Å². The Labute approximate surface area is 156 Å². The first-order chi connectivity index (χ1) is 12.5. The van der Waals surface area contributed by atoms with E-state index in [1.165, 1.54) is 24.8 Å². The van der Waals surface area contributed by atoms with Gasteiger partial charge < -0.3 is 4.74 Å². The molecule has 5 rings (SSSR count). The van der Waals surface area contributed by atoms with E-state index in [4.69, 9.17) is 4.74 Å². The zero-order chi connectivity index (χ0) is 18.1. The van der Waals surface area contributed by atoms with E-state index < -0.39 is 0 Å². The molecule has 1 spiro atoms. The minimum absolute atomic E-state index is 0.0793. The highest BCUT2D eigenvalue weighted by atomic mass is 16.6. The Hall–Kier alpha value is -1.38. The van der Waals surface area contributed by atoms with Gasteiger partial charge in [0.25, 0.3) is 0 Å². The summed E-state index contributed by atoms with van der Waals surface area (Å²) in [5.41, 5.74) is 1.19. The summed E-state index contributed by atoms with van der Waals surface area (Å²) in [6, 6.07) is 0. The van der Waals surface area contributed by atoms with Crippen LogP contribution >= 0.6 is 0 Å². The number of carbonyl (C=O) groups excluding carboxylic acids is 2. The summed E-state index contributed by atoms with van der Waals surface area (Å²) in [6.45, 7) is 4.71. The van der Waals surface area contributed by atoms with Crippen molar-refractivity contribution in [2.24, 2.45) is 35.0 Å². The number of fused-ring (bicyclic) bond motifs is 6. The third-order valence-electron chi connectivity index (χ3n) is 8.95. The van der Waals surface area contributed by atoms with Crippen molar-refractivity contribution in [1.29, 1.82) is 0 Å². The molecule has 0 N–H and O–H groups in total. The number of carbonyl (C=O) groups is 2. The van der Waals surface area contributed by atoms with Crippen LogP contribution in [0.4, 0.5) is 0 Å². The van der Waals surface area contributed by atoms with E-state index in [-0.39, 0.29) is 17.0 Å². The second kappa shape index (κ2) is 5.56.